The highest BCUT2D eigenvalue weighted by Crippen LogP contribution is 2.41. The first-order valence-corrected chi connectivity index (χ1v) is 10.1. The van der Waals surface area contributed by atoms with Gasteiger partial charge in [-0.05, 0) is 71.8 Å². The second-order valence-electron chi connectivity index (χ2n) is 7.45. The molecule has 9 heteroatoms. The molecule has 0 fully saturated rings. The van der Waals surface area contributed by atoms with Gasteiger partial charge in [0.1, 0.15) is 23.0 Å². The van der Waals surface area contributed by atoms with E-state index in [4.69, 9.17) is 9.47 Å². The molecule has 166 valence electrons. The molecule has 0 radical (unpaired) electrons. The number of fused-ring (bicyclic) bond motifs is 3. The molecule has 0 bridgehead atoms. The van der Waals surface area contributed by atoms with Crippen LogP contribution in [0.15, 0.2) is 84.9 Å². The molecule has 4 aromatic rings. The van der Waals surface area contributed by atoms with Crippen molar-refractivity contribution in [3.05, 3.63) is 116 Å². The molecule has 5 rings (SSSR count). The Morgan fingerprint density at radius 1 is 0.500 bits per heavy atom. The molecule has 1 aliphatic carbocycles. The first kappa shape index (κ1) is 20.8. The number of rotatable bonds is 6. The maximum absolute atomic E-state index is 13.1. The molecule has 0 saturated heterocycles. The lowest BCUT2D eigenvalue weighted by Crippen LogP contribution is -1.96. The van der Waals surface area contributed by atoms with E-state index < -0.39 is 9.85 Å². The summed E-state index contributed by atoms with van der Waals surface area (Å²) in [5.74, 6) is 1.49. The summed E-state index contributed by atoms with van der Waals surface area (Å²) in [5, 5.41) is 21.6. The Bertz CT molecular complexity index is 1350. The van der Waals surface area contributed by atoms with E-state index in [1.165, 1.54) is 48.5 Å². The number of nitrogens with zero attached hydrogens (tertiary/aromatic N) is 2. The zero-order valence-corrected chi connectivity index (χ0v) is 17.3. The number of non-ortho nitro benzene ring substituents is 2. The third-order valence-electron chi connectivity index (χ3n) is 5.33. The van der Waals surface area contributed by atoms with E-state index in [1.54, 1.807) is 36.4 Å². The van der Waals surface area contributed by atoms with Gasteiger partial charge in [-0.15, -0.1) is 0 Å². The highest BCUT2D eigenvalue weighted by molar-refractivity contribution is 6.22. The van der Waals surface area contributed by atoms with Crippen molar-refractivity contribution in [3.63, 3.8) is 0 Å². The molecule has 0 spiro atoms. The van der Waals surface area contributed by atoms with Crippen molar-refractivity contribution >= 4 is 17.2 Å². The van der Waals surface area contributed by atoms with E-state index in [0.29, 0.717) is 34.1 Å². The lowest BCUT2D eigenvalue weighted by Gasteiger charge is -2.08. The van der Waals surface area contributed by atoms with Gasteiger partial charge in [0.15, 0.2) is 5.78 Å². The Labute approximate surface area is 192 Å². The van der Waals surface area contributed by atoms with Crippen LogP contribution in [-0.4, -0.2) is 15.6 Å². The molecule has 0 aromatic heterocycles. The second kappa shape index (κ2) is 8.14. The van der Waals surface area contributed by atoms with Crippen LogP contribution in [0.1, 0.15) is 15.9 Å². The molecule has 34 heavy (non-hydrogen) atoms. The summed E-state index contributed by atoms with van der Waals surface area (Å²) in [6.07, 6.45) is 0. The maximum atomic E-state index is 13.1. The van der Waals surface area contributed by atoms with Crippen LogP contribution in [0.25, 0.3) is 11.1 Å². The smallest absolute Gasteiger partial charge is 0.269 e. The monoisotopic (exact) mass is 454 g/mol. The summed E-state index contributed by atoms with van der Waals surface area (Å²) in [6.45, 7) is 0. The van der Waals surface area contributed by atoms with Gasteiger partial charge < -0.3 is 9.47 Å². The Kier molecular flexibility index (Phi) is 4.98. The molecule has 0 amide bonds. The third kappa shape index (κ3) is 3.82. The predicted octanol–water partition coefficient (Wildman–Crippen LogP) is 6.30. The second-order valence-corrected chi connectivity index (χ2v) is 7.45. The molecule has 1 aliphatic rings. The maximum Gasteiger partial charge on any atom is 0.269 e. The van der Waals surface area contributed by atoms with Crippen LogP contribution in [0.2, 0.25) is 0 Å². The fourth-order valence-corrected chi connectivity index (χ4v) is 3.71. The van der Waals surface area contributed by atoms with Crippen molar-refractivity contribution in [2.24, 2.45) is 0 Å². The van der Waals surface area contributed by atoms with Crippen molar-refractivity contribution in [1.29, 1.82) is 0 Å². The van der Waals surface area contributed by atoms with Gasteiger partial charge in [0, 0.05) is 35.4 Å². The van der Waals surface area contributed by atoms with E-state index in [1.807, 2.05) is 0 Å². The largest absolute Gasteiger partial charge is 0.457 e. The van der Waals surface area contributed by atoms with Crippen LogP contribution in [0.5, 0.6) is 23.0 Å². The molecule has 9 nitrogen and oxygen atoms in total. The lowest BCUT2D eigenvalue weighted by molar-refractivity contribution is -0.385. The Hall–Kier alpha value is -5.05. The average molecular weight is 454 g/mol. The molecule has 0 unspecified atom stereocenters. The fourth-order valence-electron chi connectivity index (χ4n) is 3.71. The highest BCUT2D eigenvalue weighted by Gasteiger charge is 2.28. The van der Waals surface area contributed by atoms with E-state index >= 15 is 0 Å². The molecule has 0 saturated carbocycles. The number of ether oxygens (including phenoxy) is 2. The minimum Gasteiger partial charge on any atom is -0.457 e. The van der Waals surface area contributed by atoms with Crippen LogP contribution in [-0.2, 0) is 0 Å². The summed E-state index contributed by atoms with van der Waals surface area (Å²) in [7, 11) is 0. The standard InChI is InChI=1S/C25H14N2O7/c28-25-23-13-19(33-17-5-1-15(2-6-17)26(29)30)9-11-21(23)22-12-10-20(14-24(22)25)34-18-7-3-16(4-8-18)27(31)32/h1-14H. The molecular formula is C25H14N2O7. The summed E-state index contributed by atoms with van der Waals surface area (Å²) in [5.41, 5.74) is 2.39. The minimum absolute atomic E-state index is 0.0429. The zero-order chi connectivity index (χ0) is 23.8. The summed E-state index contributed by atoms with van der Waals surface area (Å²) in [4.78, 5) is 33.7. The number of ketones is 1. The molecule has 0 N–H and O–H groups in total. The van der Waals surface area contributed by atoms with Crippen LogP contribution >= 0.6 is 0 Å². The number of benzene rings is 4. The fraction of sp³-hybridized carbons (Fsp3) is 0. The van der Waals surface area contributed by atoms with Gasteiger partial charge >= 0.3 is 0 Å². The molecule has 4 aromatic carbocycles. The Morgan fingerprint density at radius 3 is 1.21 bits per heavy atom. The van der Waals surface area contributed by atoms with Gasteiger partial charge in [0.05, 0.1) is 9.85 Å². The van der Waals surface area contributed by atoms with Gasteiger partial charge in [-0.2, -0.15) is 0 Å². The Balaban J connectivity index is 1.37. The van der Waals surface area contributed by atoms with E-state index in [0.717, 1.165) is 11.1 Å². The van der Waals surface area contributed by atoms with Crippen molar-refractivity contribution in [2.75, 3.05) is 0 Å². The zero-order valence-electron chi connectivity index (χ0n) is 17.3. The van der Waals surface area contributed by atoms with Crippen LogP contribution in [0.4, 0.5) is 11.4 Å². The minimum atomic E-state index is -0.491. The summed E-state index contributed by atoms with van der Waals surface area (Å²) in [6, 6.07) is 21.6. The first-order valence-electron chi connectivity index (χ1n) is 10.1. The van der Waals surface area contributed by atoms with Crippen LogP contribution in [0, 0.1) is 20.2 Å². The van der Waals surface area contributed by atoms with Crippen molar-refractivity contribution in [1.82, 2.24) is 0 Å². The number of nitro groups is 2. The highest BCUT2D eigenvalue weighted by atomic mass is 16.6. The number of carbonyl (C=O) groups is 1. The van der Waals surface area contributed by atoms with Crippen molar-refractivity contribution in [3.8, 4) is 34.1 Å². The third-order valence-corrected chi connectivity index (χ3v) is 5.33. The summed E-state index contributed by atoms with van der Waals surface area (Å²) >= 11 is 0. The number of nitro benzene ring substituents is 2. The molecule has 0 heterocycles. The van der Waals surface area contributed by atoms with Crippen LogP contribution < -0.4 is 9.47 Å². The molecule has 0 atom stereocenters. The van der Waals surface area contributed by atoms with Crippen molar-refractivity contribution < 1.29 is 24.1 Å². The van der Waals surface area contributed by atoms with Gasteiger partial charge in [0.2, 0.25) is 0 Å². The van der Waals surface area contributed by atoms with Gasteiger partial charge in [-0.1, -0.05) is 0 Å². The normalized spacial score (nSPS) is 11.5. The van der Waals surface area contributed by atoms with Crippen molar-refractivity contribution in [2.45, 2.75) is 0 Å². The van der Waals surface area contributed by atoms with Gasteiger partial charge in [-0.25, -0.2) is 0 Å². The molecule has 0 aliphatic heterocycles. The average Bonchev–Trinajstić information content (AvgIpc) is 3.11. The first-order chi connectivity index (χ1) is 16.4. The SMILES string of the molecule is O=C1c2cc(Oc3ccc([N+](=O)[O-])cc3)ccc2-c2ccc(Oc3ccc([N+](=O)[O-])cc3)cc21. The van der Waals surface area contributed by atoms with E-state index in [9.17, 15) is 25.0 Å². The number of hydrogen-bond acceptors (Lipinski definition) is 7. The summed E-state index contributed by atoms with van der Waals surface area (Å²) < 4.78 is 11.5. The van der Waals surface area contributed by atoms with Gasteiger partial charge in [-0.3, -0.25) is 25.0 Å². The number of carbonyl (C=O) groups excluding carboxylic acids is 1. The quantitative estimate of drug-likeness (QED) is 0.218. The van der Waals surface area contributed by atoms with Gasteiger partial charge in [0.25, 0.3) is 11.4 Å². The lowest BCUT2D eigenvalue weighted by atomic mass is 10.1. The number of hydrogen-bond donors (Lipinski definition) is 0. The van der Waals surface area contributed by atoms with Crippen LogP contribution in [0.3, 0.4) is 0 Å². The molecular weight excluding hydrogens is 440 g/mol. The Morgan fingerprint density at radius 2 is 0.853 bits per heavy atom. The topological polar surface area (TPSA) is 122 Å². The van der Waals surface area contributed by atoms with E-state index in [2.05, 4.69) is 0 Å². The predicted molar refractivity (Wildman–Crippen MR) is 122 cm³/mol. The van der Waals surface area contributed by atoms with E-state index in [-0.39, 0.29) is 17.2 Å².